The fraction of sp³-hybridized carbons (Fsp3) is 0.267. The van der Waals surface area contributed by atoms with Crippen LogP contribution in [0.3, 0.4) is 0 Å². The quantitative estimate of drug-likeness (QED) is 0.878. The Morgan fingerprint density at radius 2 is 2.20 bits per heavy atom. The molecular weight excluding hydrogens is 295 g/mol. The summed E-state index contributed by atoms with van der Waals surface area (Å²) in [5, 5.41) is 4.68. The van der Waals surface area contributed by atoms with Crippen LogP contribution in [0.25, 0.3) is 0 Å². The van der Waals surface area contributed by atoms with Gasteiger partial charge in [0.2, 0.25) is 0 Å². The number of benzene rings is 1. The van der Waals surface area contributed by atoms with Crippen molar-refractivity contribution in [2.45, 2.75) is 19.4 Å². The summed E-state index contributed by atoms with van der Waals surface area (Å²) in [6.45, 7) is 2.68. The van der Waals surface area contributed by atoms with Gasteiger partial charge in [-0.2, -0.15) is 0 Å². The van der Waals surface area contributed by atoms with E-state index in [0.29, 0.717) is 16.7 Å². The molecule has 0 fully saturated rings. The van der Waals surface area contributed by atoms with Crippen molar-refractivity contribution in [1.29, 1.82) is 0 Å². The average molecular weight is 309 g/mol. The van der Waals surface area contributed by atoms with Gasteiger partial charge in [-0.25, -0.2) is 0 Å². The van der Waals surface area contributed by atoms with Crippen molar-refractivity contribution in [3.05, 3.63) is 51.8 Å². The van der Waals surface area contributed by atoms with E-state index in [9.17, 15) is 0 Å². The van der Waals surface area contributed by atoms with Crippen LogP contribution in [0.5, 0.6) is 5.75 Å². The maximum atomic E-state index is 6.20. The van der Waals surface area contributed by atoms with E-state index in [1.807, 2.05) is 18.3 Å². The van der Waals surface area contributed by atoms with Gasteiger partial charge in [-0.15, -0.1) is 0 Å². The van der Waals surface area contributed by atoms with Crippen molar-refractivity contribution in [2.24, 2.45) is 0 Å². The molecule has 3 nitrogen and oxygen atoms in total. The number of ether oxygens (including phenoxy) is 1. The van der Waals surface area contributed by atoms with Gasteiger partial charge in [-0.05, 0) is 30.7 Å². The summed E-state index contributed by atoms with van der Waals surface area (Å²) in [5.74, 6) is 0.723. The van der Waals surface area contributed by atoms with E-state index in [1.54, 1.807) is 12.3 Å². The highest BCUT2D eigenvalue weighted by Crippen LogP contribution is 2.41. The fourth-order valence-corrected chi connectivity index (χ4v) is 2.94. The predicted octanol–water partition coefficient (Wildman–Crippen LogP) is 4.63. The number of hydrogen-bond donors (Lipinski definition) is 1. The molecular formula is C15H14Cl2N2O. The van der Waals surface area contributed by atoms with Crippen LogP contribution in [-0.4, -0.2) is 11.6 Å². The molecule has 1 atom stereocenters. The van der Waals surface area contributed by atoms with Gasteiger partial charge in [0.25, 0.3) is 0 Å². The lowest BCUT2D eigenvalue weighted by atomic mass is 10.00. The first-order valence-corrected chi connectivity index (χ1v) is 7.19. The van der Waals surface area contributed by atoms with Crippen LogP contribution >= 0.6 is 23.2 Å². The number of nitrogens with one attached hydrogen (secondary N) is 1. The molecule has 2 heterocycles. The summed E-state index contributed by atoms with van der Waals surface area (Å²) < 4.78 is 5.66. The van der Waals surface area contributed by atoms with E-state index in [1.165, 1.54) is 0 Å². The molecule has 2 aromatic rings. The number of rotatable bonds is 2. The Bertz CT molecular complexity index is 646. The summed E-state index contributed by atoms with van der Waals surface area (Å²) >= 11 is 12.3. The maximum absolute atomic E-state index is 6.20. The monoisotopic (exact) mass is 308 g/mol. The molecule has 0 bridgehead atoms. The molecule has 0 saturated heterocycles. The Labute approximate surface area is 127 Å². The predicted molar refractivity (Wildman–Crippen MR) is 81.9 cm³/mol. The van der Waals surface area contributed by atoms with Crippen molar-refractivity contribution in [3.8, 4) is 5.75 Å². The molecule has 20 heavy (non-hydrogen) atoms. The minimum Gasteiger partial charge on any atom is -0.492 e. The molecule has 0 saturated carbocycles. The van der Waals surface area contributed by atoms with Gasteiger partial charge in [0, 0.05) is 23.2 Å². The molecule has 0 amide bonds. The number of anilines is 1. The summed E-state index contributed by atoms with van der Waals surface area (Å²) in [4.78, 5) is 4.16. The van der Waals surface area contributed by atoms with Crippen LogP contribution in [0.1, 0.15) is 23.6 Å². The van der Waals surface area contributed by atoms with Gasteiger partial charge in [0.15, 0.2) is 0 Å². The highest BCUT2D eigenvalue weighted by atomic mass is 35.5. The van der Waals surface area contributed by atoms with E-state index in [4.69, 9.17) is 27.9 Å². The lowest BCUT2D eigenvalue weighted by molar-refractivity contribution is 0.274. The normalized spacial score (nSPS) is 17.2. The molecule has 1 aliphatic rings. The molecule has 0 spiro atoms. The Kier molecular flexibility index (Phi) is 3.72. The molecule has 3 rings (SSSR count). The Hall–Kier alpha value is -1.45. The smallest absolute Gasteiger partial charge is 0.143 e. The SMILES string of the molecule is Cc1ccncc1NC1CCOc2c(Cl)cc(Cl)cc21. The highest BCUT2D eigenvalue weighted by Gasteiger charge is 2.24. The van der Waals surface area contributed by atoms with Crippen molar-refractivity contribution >= 4 is 28.9 Å². The van der Waals surface area contributed by atoms with Gasteiger partial charge in [-0.3, -0.25) is 4.98 Å². The summed E-state index contributed by atoms with van der Waals surface area (Å²) in [7, 11) is 0. The van der Waals surface area contributed by atoms with Crippen molar-refractivity contribution in [3.63, 3.8) is 0 Å². The second-order valence-corrected chi connectivity index (χ2v) is 5.67. The molecule has 1 aromatic carbocycles. The topological polar surface area (TPSA) is 34.2 Å². The van der Waals surface area contributed by atoms with Crippen LogP contribution in [0.2, 0.25) is 10.0 Å². The number of halogens is 2. The summed E-state index contributed by atoms with van der Waals surface area (Å²) in [6.07, 6.45) is 4.47. The summed E-state index contributed by atoms with van der Waals surface area (Å²) in [6, 6.07) is 5.72. The van der Waals surface area contributed by atoms with Gasteiger partial charge >= 0.3 is 0 Å². The number of fused-ring (bicyclic) bond motifs is 1. The minimum atomic E-state index is 0.123. The largest absolute Gasteiger partial charge is 0.492 e. The van der Waals surface area contributed by atoms with Crippen LogP contribution in [0.15, 0.2) is 30.6 Å². The van der Waals surface area contributed by atoms with Gasteiger partial charge in [0.05, 0.1) is 29.6 Å². The van der Waals surface area contributed by atoms with Crippen LogP contribution in [0.4, 0.5) is 5.69 Å². The third-order valence-electron chi connectivity index (χ3n) is 3.43. The maximum Gasteiger partial charge on any atom is 0.143 e. The molecule has 0 aliphatic carbocycles. The second kappa shape index (κ2) is 5.51. The number of aryl methyl sites for hydroxylation is 1. The van der Waals surface area contributed by atoms with Crippen LogP contribution in [-0.2, 0) is 0 Å². The molecule has 1 aliphatic heterocycles. The number of hydrogen-bond acceptors (Lipinski definition) is 3. The van der Waals surface area contributed by atoms with Crippen molar-refractivity contribution in [1.82, 2.24) is 4.98 Å². The number of nitrogens with zero attached hydrogens (tertiary/aromatic N) is 1. The Morgan fingerprint density at radius 1 is 1.35 bits per heavy atom. The van der Waals surface area contributed by atoms with Gasteiger partial charge in [0.1, 0.15) is 5.75 Å². The first kappa shape index (κ1) is 13.5. The van der Waals surface area contributed by atoms with E-state index in [0.717, 1.165) is 29.0 Å². The molecule has 1 aromatic heterocycles. The van der Waals surface area contributed by atoms with E-state index >= 15 is 0 Å². The molecule has 0 radical (unpaired) electrons. The highest BCUT2D eigenvalue weighted by molar-refractivity contribution is 6.35. The third-order valence-corrected chi connectivity index (χ3v) is 3.93. The molecule has 1 unspecified atom stereocenters. The van der Waals surface area contributed by atoms with E-state index in [2.05, 4.69) is 17.2 Å². The van der Waals surface area contributed by atoms with E-state index in [-0.39, 0.29) is 6.04 Å². The standard InChI is InChI=1S/C15H14Cl2N2O/c1-9-2-4-18-8-14(9)19-13-3-5-20-15-11(13)6-10(16)7-12(15)17/h2,4,6-8,13,19H,3,5H2,1H3. The molecule has 5 heteroatoms. The minimum absolute atomic E-state index is 0.123. The van der Waals surface area contributed by atoms with Gasteiger partial charge in [-0.1, -0.05) is 23.2 Å². The number of pyridine rings is 1. The Morgan fingerprint density at radius 3 is 3.00 bits per heavy atom. The second-order valence-electron chi connectivity index (χ2n) is 4.83. The zero-order chi connectivity index (χ0) is 14.1. The van der Waals surface area contributed by atoms with Crippen LogP contribution < -0.4 is 10.1 Å². The number of aromatic nitrogens is 1. The van der Waals surface area contributed by atoms with Crippen molar-refractivity contribution < 1.29 is 4.74 Å². The van der Waals surface area contributed by atoms with Gasteiger partial charge < -0.3 is 10.1 Å². The molecule has 1 N–H and O–H groups in total. The zero-order valence-corrected chi connectivity index (χ0v) is 12.5. The van der Waals surface area contributed by atoms with Crippen LogP contribution in [0, 0.1) is 6.92 Å². The summed E-state index contributed by atoms with van der Waals surface area (Å²) in [5.41, 5.74) is 3.17. The average Bonchev–Trinajstić information content (AvgIpc) is 2.42. The fourth-order valence-electron chi connectivity index (χ4n) is 2.38. The lowest BCUT2D eigenvalue weighted by Gasteiger charge is -2.28. The first-order valence-electron chi connectivity index (χ1n) is 6.44. The first-order chi connectivity index (χ1) is 9.65. The molecule has 104 valence electrons. The lowest BCUT2D eigenvalue weighted by Crippen LogP contribution is -2.21. The third kappa shape index (κ3) is 2.56. The van der Waals surface area contributed by atoms with E-state index < -0.39 is 0 Å². The van der Waals surface area contributed by atoms with Crippen molar-refractivity contribution in [2.75, 3.05) is 11.9 Å². The zero-order valence-electron chi connectivity index (χ0n) is 11.0. The Balaban J connectivity index is 1.96.